The van der Waals surface area contributed by atoms with Crippen LogP contribution in [0.4, 0.5) is 5.00 Å². The van der Waals surface area contributed by atoms with Crippen molar-refractivity contribution in [2.24, 2.45) is 0 Å². The summed E-state index contributed by atoms with van der Waals surface area (Å²) in [6, 6.07) is 6.64. The molecule has 0 aromatic carbocycles. The number of hydrogen-bond acceptors (Lipinski definition) is 8. The molecule has 0 aliphatic rings. The highest BCUT2D eigenvalue weighted by Gasteiger charge is 2.23. The second-order valence-corrected chi connectivity index (χ2v) is 7.76. The number of carbonyl (C=O) groups excluding carboxylic acids is 3. The van der Waals surface area contributed by atoms with Crippen molar-refractivity contribution in [1.29, 1.82) is 0 Å². The van der Waals surface area contributed by atoms with Gasteiger partial charge in [0.2, 0.25) is 0 Å². The molecule has 3 aromatic heterocycles. The third-order valence-electron chi connectivity index (χ3n) is 3.61. The molecule has 0 saturated carbocycles. The van der Waals surface area contributed by atoms with Crippen molar-refractivity contribution in [3.05, 3.63) is 57.5 Å². The van der Waals surface area contributed by atoms with Crippen molar-refractivity contribution in [1.82, 2.24) is 4.98 Å². The number of nitrogens with one attached hydrogen (secondary N) is 1. The second kappa shape index (κ2) is 9.64. The lowest BCUT2D eigenvalue weighted by Crippen LogP contribution is -2.21. The maximum absolute atomic E-state index is 12.4. The predicted molar refractivity (Wildman–Crippen MR) is 112 cm³/mol. The molecule has 0 aliphatic carbocycles. The van der Waals surface area contributed by atoms with Crippen LogP contribution in [0.2, 0.25) is 5.15 Å². The van der Waals surface area contributed by atoms with Crippen molar-refractivity contribution in [2.45, 2.75) is 6.92 Å². The van der Waals surface area contributed by atoms with Crippen molar-refractivity contribution >= 4 is 57.1 Å². The zero-order chi connectivity index (χ0) is 20.8. The maximum Gasteiger partial charge on any atom is 0.341 e. The van der Waals surface area contributed by atoms with E-state index in [1.54, 1.807) is 12.3 Å². The van der Waals surface area contributed by atoms with E-state index in [2.05, 4.69) is 10.3 Å². The number of carbonyl (C=O) groups is 3. The molecule has 0 radical (unpaired) electrons. The smallest absolute Gasteiger partial charge is 0.341 e. The zero-order valence-corrected chi connectivity index (χ0v) is 17.5. The first-order valence-corrected chi connectivity index (χ1v) is 10.5. The second-order valence-electron chi connectivity index (χ2n) is 5.55. The molecular weight excluding hydrogens is 436 g/mol. The largest absolute Gasteiger partial charge is 0.462 e. The van der Waals surface area contributed by atoms with Crippen molar-refractivity contribution in [3.8, 4) is 10.4 Å². The molecule has 0 unspecified atom stereocenters. The van der Waals surface area contributed by atoms with E-state index in [1.807, 2.05) is 17.5 Å². The Hall–Kier alpha value is -2.75. The number of aromatic nitrogens is 1. The summed E-state index contributed by atoms with van der Waals surface area (Å²) in [6.45, 7) is 1.40. The van der Waals surface area contributed by atoms with Gasteiger partial charge < -0.3 is 14.8 Å². The van der Waals surface area contributed by atoms with Crippen LogP contribution in [-0.2, 0) is 14.3 Å². The molecule has 0 aliphatic heterocycles. The molecule has 150 valence electrons. The number of thiophene rings is 2. The van der Waals surface area contributed by atoms with Gasteiger partial charge in [0.05, 0.1) is 12.2 Å². The van der Waals surface area contributed by atoms with Crippen LogP contribution in [0.25, 0.3) is 10.4 Å². The fraction of sp³-hybridized carbons (Fsp3) is 0.158. The topological polar surface area (TPSA) is 94.6 Å². The van der Waals surface area contributed by atoms with Gasteiger partial charge in [0.1, 0.15) is 15.7 Å². The van der Waals surface area contributed by atoms with Gasteiger partial charge in [-0.05, 0) is 30.5 Å². The van der Waals surface area contributed by atoms with E-state index >= 15 is 0 Å². The summed E-state index contributed by atoms with van der Waals surface area (Å²) in [5.74, 6) is -1.82. The summed E-state index contributed by atoms with van der Waals surface area (Å²) >= 11 is 8.34. The third-order valence-corrected chi connectivity index (χ3v) is 5.63. The van der Waals surface area contributed by atoms with Crippen LogP contribution in [0.3, 0.4) is 0 Å². The van der Waals surface area contributed by atoms with Gasteiger partial charge in [-0.1, -0.05) is 17.7 Å². The molecule has 10 heteroatoms. The van der Waals surface area contributed by atoms with Gasteiger partial charge in [-0.25, -0.2) is 14.6 Å². The Morgan fingerprint density at radius 1 is 1.14 bits per heavy atom. The van der Waals surface area contributed by atoms with E-state index < -0.39 is 24.5 Å². The summed E-state index contributed by atoms with van der Waals surface area (Å²) in [7, 11) is 0. The van der Waals surface area contributed by atoms with Crippen LogP contribution in [0.5, 0.6) is 0 Å². The molecular formula is C19H15ClN2O5S2. The monoisotopic (exact) mass is 450 g/mol. The number of amides is 1. The maximum atomic E-state index is 12.4. The number of esters is 2. The number of ether oxygens (including phenoxy) is 2. The highest BCUT2D eigenvalue weighted by atomic mass is 35.5. The summed E-state index contributed by atoms with van der Waals surface area (Å²) in [6.07, 6.45) is 1.26. The molecule has 0 spiro atoms. The summed E-state index contributed by atoms with van der Waals surface area (Å²) in [5.41, 5.74) is 1.13. The Kier molecular flexibility index (Phi) is 6.97. The molecule has 7 nitrogen and oxygen atoms in total. The van der Waals surface area contributed by atoms with E-state index in [-0.39, 0.29) is 22.9 Å². The molecule has 3 rings (SSSR count). The first-order chi connectivity index (χ1) is 14.0. The average molecular weight is 451 g/mol. The normalized spacial score (nSPS) is 10.4. The van der Waals surface area contributed by atoms with Gasteiger partial charge in [-0.2, -0.15) is 0 Å². The van der Waals surface area contributed by atoms with Crippen LogP contribution in [0.1, 0.15) is 27.6 Å². The number of nitrogens with zero attached hydrogens (tertiary/aromatic N) is 1. The van der Waals surface area contributed by atoms with Gasteiger partial charge >= 0.3 is 11.9 Å². The molecule has 0 atom stereocenters. The van der Waals surface area contributed by atoms with Gasteiger partial charge in [0, 0.05) is 22.0 Å². The van der Waals surface area contributed by atoms with Crippen molar-refractivity contribution in [2.75, 3.05) is 18.5 Å². The lowest BCUT2D eigenvalue weighted by atomic mass is 10.1. The number of rotatable bonds is 7. The molecule has 1 amide bonds. The minimum absolute atomic E-state index is 0.172. The van der Waals surface area contributed by atoms with Gasteiger partial charge in [-0.15, -0.1) is 22.7 Å². The molecule has 29 heavy (non-hydrogen) atoms. The summed E-state index contributed by atoms with van der Waals surface area (Å²) < 4.78 is 10.1. The van der Waals surface area contributed by atoms with Crippen molar-refractivity contribution in [3.63, 3.8) is 0 Å². The summed E-state index contributed by atoms with van der Waals surface area (Å²) in [4.78, 5) is 41.3. The predicted octanol–water partition coefficient (Wildman–Crippen LogP) is 4.50. The SMILES string of the molecule is CCOC(=O)c1c(-c2cccs2)csc1NC(=O)COC(=O)c1ccc(Cl)nc1. The zero-order valence-electron chi connectivity index (χ0n) is 15.1. The standard InChI is InChI=1S/C19H15ClN2O5S2/c1-2-26-19(25)16-12(13-4-3-7-28-13)10-29-17(16)22-15(23)9-27-18(24)11-5-6-14(20)21-8-11/h3-8,10H,2,9H2,1H3,(H,22,23). The lowest BCUT2D eigenvalue weighted by molar-refractivity contribution is -0.119. The highest BCUT2D eigenvalue weighted by molar-refractivity contribution is 7.17. The number of hydrogen-bond donors (Lipinski definition) is 1. The van der Waals surface area contributed by atoms with Crippen molar-refractivity contribution < 1.29 is 23.9 Å². The fourth-order valence-corrected chi connectivity index (χ4v) is 4.24. The van der Waals surface area contributed by atoms with E-state index in [1.165, 1.54) is 41.0 Å². The summed E-state index contributed by atoms with van der Waals surface area (Å²) in [5, 5.41) is 6.86. The van der Waals surface area contributed by atoms with E-state index in [0.29, 0.717) is 10.6 Å². The Labute approximate surface area is 179 Å². The van der Waals surface area contributed by atoms with Crippen LogP contribution < -0.4 is 5.32 Å². The quantitative estimate of drug-likeness (QED) is 0.420. The molecule has 0 saturated heterocycles. The Morgan fingerprint density at radius 3 is 2.62 bits per heavy atom. The molecule has 3 aromatic rings. The minimum Gasteiger partial charge on any atom is -0.462 e. The molecule has 3 heterocycles. The Morgan fingerprint density at radius 2 is 1.97 bits per heavy atom. The van der Waals surface area contributed by atoms with Gasteiger partial charge in [0.25, 0.3) is 5.91 Å². The third kappa shape index (κ3) is 5.20. The van der Waals surface area contributed by atoms with Gasteiger partial charge in [-0.3, -0.25) is 4.79 Å². The number of anilines is 1. The average Bonchev–Trinajstić information content (AvgIpc) is 3.36. The Bertz CT molecular complexity index is 1020. The Balaban J connectivity index is 1.70. The van der Waals surface area contributed by atoms with E-state index in [0.717, 1.165) is 4.88 Å². The number of pyridine rings is 1. The molecule has 0 fully saturated rings. The van der Waals surface area contributed by atoms with Crippen LogP contribution >= 0.6 is 34.3 Å². The van der Waals surface area contributed by atoms with E-state index in [4.69, 9.17) is 21.1 Å². The van der Waals surface area contributed by atoms with Crippen LogP contribution in [0, 0.1) is 0 Å². The first-order valence-electron chi connectivity index (χ1n) is 8.40. The lowest BCUT2D eigenvalue weighted by Gasteiger charge is -2.08. The molecule has 0 bridgehead atoms. The highest BCUT2D eigenvalue weighted by Crippen LogP contribution is 2.38. The number of halogens is 1. The van der Waals surface area contributed by atoms with Gasteiger partial charge in [0.15, 0.2) is 6.61 Å². The van der Waals surface area contributed by atoms with Crippen LogP contribution in [0.15, 0.2) is 41.2 Å². The van der Waals surface area contributed by atoms with Crippen LogP contribution in [-0.4, -0.2) is 36.0 Å². The van der Waals surface area contributed by atoms with E-state index in [9.17, 15) is 14.4 Å². The first kappa shape index (κ1) is 21.0. The minimum atomic E-state index is -0.708. The molecule has 1 N–H and O–H groups in total. The fourth-order valence-electron chi connectivity index (χ4n) is 2.34.